The van der Waals surface area contributed by atoms with Crippen LogP contribution in [-0.2, 0) is 17.8 Å². The van der Waals surface area contributed by atoms with E-state index in [0.717, 1.165) is 0 Å². The first-order valence-electron chi connectivity index (χ1n) is 6.58. The molecule has 25 heavy (non-hydrogen) atoms. The van der Waals surface area contributed by atoms with Crippen molar-refractivity contribution in [2.24, 2.45) is 0 Å². The Kier molecular flexibility index (Phi) is 5.04. The molecule has 2 aromatic rings. The first-order valence-corrected chi connectivity index (χ1v) is 6.58. The van der Waals surface area contributed by atoms with Gasteiger partial charge in [0.2, 0.25) is 29.1 Å². The predicted molar refractivity (Wildman–Crippen MR) is 71.5 cm³/mol. The third kappa shape index (κ3) is 3.59. The molecule has 2 N–H and O–H groups in total. The van der Waals surface area contributed by atoms with E-state index in [1.54, 1.807) is 0 Å². The number of halogens is 5. The number of rotatable bonds is 5. The molecular formula is C14H9F5N2O4. The molecule has 2 rings (SSSR count). The highest BCUT2D eigenvalue weighted by molar-refractivity contribution is 5.70. The van der Waals surface area contributed by atoms with Crippen LogP contribution >= 0.6 is 0 Å². The van der Waals surface area contributed by atoms with E-state index in [4.69, 9.17) is 5.11 Å². The Morgan fingerprint density at radius 3 is 2.08 bits per heavy atom. The number of hydrogen-bond donors (Lipinski definition) is 2. The summed E-state index contributed by atoms with van der Waals surface area (Å²) >= 11 is 0. The van der Waals surface area contributed by atoms with Crippen LogP contribution in [0.3, 0.4) is 0 Å². The summed E-state index contributed by atoms with van der Waals surface area (Å²) in [5.41, 5.74) is -0.958. The van der Waals surface area contributed by atoms with Gasteiger partial charge in [0, 0.05) is 11.3 Å². The topological polar surface area (TPSA) is 92.3 Å². The average Bonchev–Trinajstić information content (AvgIpc) is 2.54. The van der Waals surface area contributed by atoms with Crippen LogP contribution in [0.2, 0.25) is 0 Å². The molecule has 1 aromatic carbocycles. The van der Waals surface area contributed by atoms with Crippen LogP contribution in [0.5, 0.6) is 5.75 Å². The van der Waals surface area contributed by atoms with E-state index in [9.17, 15) is 31.5 Å². The zero-order chi connectivity index (χ0) is 18.9. The number of aliphatic carboxylic acids is 1. The van der Waals surface area contributed by atoms with Crippen LogP contribution in [0, 0.1) is 36.0 Å². The molecule has 0 bridgehead atoms. The molecule has 1 heterocycles. The van der Waals surface area contributed by atoms with Gasteiger partial charge in [-0.25, -0.2) is 18.2 Å². The standard InChI is InChI=1S/C14H9F5N2O4/c1-4-5(2-7(22)23)14(24)21-6(20-4)3-25-13-11(18)9(16)8(15)10(17)12(13)19/h2-3H2,1H3,(H,22,23)(H,20,21,24). The van der Waals surface area contributed by atoms with Crippen molar-refractivity contribution in [1.29, 1.82) is 0 Å². The minimum atomic E-state index is -2.33. The van der Waals surface area contributed by atoms with Gasteiger partial charge in [-0.05, 0) is 6.92 Å². The number of aromatic nitrogens is 2. The minimum Gasteiger partial charge on any atom is -0.481 e. The molecule has 1 aromatic heterocycles. The summed E-state index contributed by atoms with van der Waals surface area (Å²) in [4.78, 5) is 28.3. The Morgan fingerprint density at radius 2 is 1.60 bits per heavy atom. The van der Waals surface area contributed by atoms with Crippen molar-refractivity contribution in [3.63, 3.8) is 0 Å². The Morgan fingerprint density at radius 1 is 1.08 bits per heavy atom. The lowest BCUT2D eigenvalue weighted by molar-refractivity contribution is -0.136. The third-order valence-electron chi connectivity index (χ3n) is 3.12. The number of hydrogen-bond acceptors (Lipinski definition) is 4. The highest BCUT2D eigenvalue weighted by atomic mass is 19.2. The average molecular weight is 364 g/mol. The summed E-state index contributed by atoms with van der Waals surface area (Å²) in [6.07, 6.45) is -0.604. The van der Waals surface area contributed by atoms with Gasteiger partial charge in [-0.3, -0.25) is 9.59 Å². The highest BCUT2D eigenvalue weighted by Gasteiger charge is 2.27. The van der Waals surface area contributed by atoms with E-state index in [1.807, 2.05) is 0 Å². The van der Waals surface area contributed by atoms with Crippen LogP contribution < -0.4 is 10.3 Å². The van der Waals surface area contributed by atoms with Crippen molar-refractivity contribution in [3.8, 4) is 5.75 Å². The maximum Gasteiger partial charge on any atom is 0.308 e. The number of nitrogens with one attached hydrogen (secondary N) is 1. The summed E-state index contributed by atoms with van der Waals surface area (Å²) < 4.78 is 70.5. The zero-order valence-electron chi connectivity index (χ0n) is 12.4. The second-order valence-electron chi connectivity index (χ2n) is 4.83. The summed E-state index contributed by atoms with van der Waals surface area (Å²) in [7, 11) is 0. The molecule has 0 aliphatic rings. The van der Waals surface area contributed by atoms with Gasteiger partial charge in [-0.15, -0.1) is 0 Å². The number of aryl methyl sites for hydroxylation is 1. The summed E-state index contributed by atoms with van der Waals surface area (Å²) in [6.45, 7) is 0.497. The van der Waals surface area contributed by atoms with Gasteiger partial charge < -0.3 is 14.8 Å². The fraction of sp³-hybridized carbons (Fsp3) is 0.214. The van der Waals surface area contributed by atoms with Crippen molar-refractivity contribution in [2.45, 2.75) is 20.0 Å². The highest BCUT2D eigenvalue weighted by Crippen LogP contribution is 2.29. The van der Waals surface area contributed by atoms with Crippen LogP contribution in [0.15, 0.2) is 4.79 Å². The number of ether oxygens (including phenoxy) is 1. The molecule has 0 radical (unpaired) electrons. The molecule has 6 nitrogen and oxygen atoms in total. The SMILES string of the molecule is Cc1nc(COc2c(F)c(F)c(F)c(F)c2F)[nH]c(=O)c1CC(=O)O. The molecule has 0 aliphatic carbocycles. The minimum absolute atomic E-state index is 0.0159. The van der Waals surface area contributed by atoms with E-state index < -0.39 is 59.4 Å². The predicted octanol–water partition coefficient (Wildman–Crippen LogP) is 1.98. The van der Waals surface area contributed by atoms with Gasteiger partial charge in [-0.2, -0.15) is 8.78 Å². The molecule has 0 aliphatic heterocycles. The maximum atomic E-state index is 13.5. The van der Waals surface area contributed by atoms with Crippen LogP contribution in [0.25, 0.3) is 0 Å². The van der Waals surface area contributed by atoms with Crippen molar-refractivity contribution >= 4 is 5.97 Å². The third-order valence-corrected chi connectivity index (χ3v) is 3.12. The maximum absolute atomic E-state index is 13.5. The fourth-order valence-electron chi connectivity index (χ4n) is 1.95. The molecule has 0 atom stereocenters. The molecule has 0 fully saturated rings. The Hall–Kier alpha value is -2.98. The van der Waals surface area contributed by atoms with E-state index >= 15 is 0 Å². The Labute approximate surface area is 135 Å². The van der Waals surface area contributed by atoms with Gasteiger partial charge in [0.05, 0.1) is 6.42 Å². The second-order valence-corrected chi connectivity index (χ2v) is 4.83. The number of benzene rings is 1. The molecule has 0 saturated heterocycles. The van der Waals surface area contributed by atoms with Gasteiger partial charge in [0.1, 0.15) is 12.4 Å². The summed E-state index contributed by atoms with van der Waals surface area (Å²) in [5, 5.41) is 8.68. The quantitative estimate of drug-likeness (QED) is 0.481. The van der Waals surface area contributed by atoms with Crippen molar-refractivity contribution < 1.29 is 36.6 Å². The number of carboxylic acid groups (broad SMARTS) is 1. The Balaban J connectivity index is 2.32. The number of aromatic amines is 1. The second kappa shape index (κ2) is 6.87. The lowest BCUT2D eigenvalue weighted by Gasteiger charge is -2.11. The van der Waals surface area contributed by atoms with Crippen LogP contribution in [0.1, 0.15) is 17.1 Å². The number of carbonyl (C=O) groups is 1. The van der Waals surface area contributed by atoms with Crippen molar-refractivity contribution in [1.82, 2.24) is 9.97 Å². The van der Waals surface area contributed by atoms with E-state index in [-0.39, 0.29) is 17.1 Å². The molecule has 134 valence electrons. The molecule has 11 heteroatoms. The largest absolute Gasteiger partial charge is 0.481 e. The van der Waals surface area contributed by atoms with Crippen LogP contribution in [0.4, 0.5) is 22.0 Å². The molecule has 0 unspecified atom stereocenters. The summed E-state index contributed by atoms with van der Waals surface area (Å²) in [5.74, 6) is -14.1. The molecule has 0 amide bonds. The van der Waals surface area contributed by atoms with Crippen LogP contribution in [-0.4, -0.2) is 21.0 Å². The van der Waals surface area contributed by atoms with Crippen molar-refractivity contribution in [3.05, 3.63) is 56.5 Å². The van der Waals surface area contributed by atoms with E-state index in [1.165, 1.54) is 6.92 Å². The lowest BCUT2D eigenvalue weighted by Crippen LogP contribution is -2.22. The Bertz CT molecular complexity index is 884. The number of H-pyrrole nitrogens is 1. The molecular weight excluding hydrogens is 355 g/mol. The normalized spacial score (nSPS) is 10.8. The molecule has 0 saturated carbocycles. The zero-order valence-corrected chi connectivity index (χ0v) is 12.4. The lowest BCUT2D eigenvalue weighted by atomic mass is 10.2. The van der Waals surface area contributed by atoms with Gasteiger partial charge in [0.25, 0.3) is 5.56 Å². The fourth-order valence-corrected chi connectivity index (χ4v) is 1.95. The van der Waals surface area contributed by atoms with Gasteiger partial charge in [0.15, 0.2) is 5.75 Å². The van der Waals surface area contributed by atoms with E-state index in [0.29, 0.717) is 0 Å². The monoisotopic (exact) mass is 364 g/mol. The first-order chi connectivity index (χ1) is 11.6. The van der Waals surface area contributed by atoms with E-state index in [2.05, 4.69) is 14.7 Å². The number of nitrogens with zero attached hydrogens (tertiary/aromatic N) is 1. The number of carboxylic acids is 1. The van der Waals surface area contributed by atoms with Crippen molar-refractivity contribution in [2.75, 3.05) is 0 Å². The molecule has 0 spiro atoms. The smallest absolute Gasteiger partial charge is 0.308 e. The van der Waals surface area contributed by atoms with Gasteiger partial charge >= 0.3 is 5.97 Å². The first kappa shape index (κ1) is 18.4. The van der Waals surface area contributed by atoms with Gasteiger partial charge in [-0.1, -0.05) is 0 Å². The summed E-state index contributed by atoms with van der Waals surface area (Å²) in [6, 6.07) is 0.